The van der Waals surface area contributed by atoms with Crippen molar-refractivity contribution in [3.8, 4) is 5.75 Å². The molecule has 26 heavy (non-hydrogen) atoms. The molecular weight excluding hydrogens is 399 g/mol. The highest BCUT2D eigenvalue weighted by molar-refractivity contribution is 9.10. The Morgan fingerprint density at radius 2 is 1.96 bits per heavy atom. The van der Waals surface area contributed by atoms with Gasteiger partial charge in [0.05, 0.1) is 12.3 Å². The summed E-state index contributed by atoms with van der Waals surface area (Å²) in [5.74, 6) is 1.31. The fourth-order valence-electron chi connectivity index (χ4n) is 3.50. The second-order valence-corrected chi connectivity index (χ2v) is 7.24. The molecule has 0 N–H and O–H groups in total. The van der Waals surface area contributed by atoms with Crippen molar-refractivity contribution in [1.29, 1.82) is 0 Å². The van der Waals surface area contributed by atoms with Crippen LogP contribution in [0.1, 0.15) is 35.6 Å². The Bertz CT molecular complexity index is 986. The lowest BCUT2D eigenvalue weighted by Crippen LogP contribution is -2.33. The Morgan fingerprint density at radius 3 is 2.73 bits per heavy atom. The molecule has 0 saturated carbocycles. The summed E-state index contributed by atoms with van der Waals surface area (Å²) >= 11 is 3.54. The molecule has 0 spiro atoms. The molecule has 0 radical (unpaired) electrons. The SMILES string of the molecule is Fc1ccc([C@@H]2Oc3ccc(Br)cc3[C@H]3CC(c4ccco4)=NN32)cc1. The van der Waals surface area contributed by atoms with E-state index in [4.69, 9.17) is 14.3 Å². The average Bonchev–Trinajstić information content (AvgIpc) is 3.32. The summed E-state index contributed by atoms with van der Waals surface area (Å²) in [6.07, 6.45) is 1.95. The Balaban J connectivity index is 1.61. The van der Waals surface area contributed by atoms with Crippen molar-refractivity contribution in [2.75, 3.05) is 0 Å². The van der Waals surface area contributed by atoms with E-state index in [-0.39, 0.29) is 11.9 Å². The van der Waals surface area contributed by atoms with E-state index in [9.17, 15) is 4.39 Å². The maximum Gasteiger partial charge on any atom is 0.213 e. The van der Waals surface area contributed by atoms with Gasteiger partial charge in [-0.1, -0.05) is 28.1 Å². The number of hydrazone groups is 1. The Kier molecular flexibility index (Phi) is 3.60. The largest absolute Gasteiger partial charge is 0.464 e. The quantitative estimate of drug-likeness (QED) is 0.563. The minimum absolute atomic E-state index is 0.0337. The van der Waals surface area contributed by atoms with Gasteiger partial charge in [-0.05, 0) is 42.5 Å². The number of ether oxygens (including phenoxy) is 1. The van der Waals surface area contributed by atoms with Gasteiger partial charge in [-0.3, -0.25) is 0 Å². The van der Waals surface area contributed by atoms with E-state index < -0.39 is 6.23 Å². The van der Waals surface area contributed by atoms with Gasteiger partial charge in [-0.2, -0.15) is 5.10 Å². The molecule has 130 valence electrons. The van der Waals surface area contributed by atoms with E-state index in [1.54, 1.807) is 18.4 Å². The fraction of sp³-hybridized carbons (Fsp3) is 0.150. The molecule has 0 fully saturated rings. The van der Waals surface area contributed by atoms with Crippen molar-refractivity contribution in [2.24, 2.45) is 5.10 Å². The monoisotopic (exact) mass is 412 g/mol. The van der Waals surface area contributed by atoms with Crippen LogP contribution in [0.2, 0.25) is 0 Å². The molecular formula is C20H14BrFN2O2. The van der Waals surface area contributed by atoms with Crippen molar-refractivity contribution in [3.63, 3.8) is 0 Å². The van der Waals surface area contributed by atoms with Crippen LogP contribution < -0.4 is 4.74 Å². The van der Waals surface area contributed by atoms with E-state index in [2.05, 4.69) is 22.0 Å². The summed E-state index contributed by atoms with van der Waals surface area (Å²) < 4.78 is 26.1. The predicted octanol–water partition coefficient (Wildman–Crippen LogP) is 5.42. The Labute approximate surface area is 158 Å². The fourth-order valence-corrected chi connectivity index (χ4v) is 3.88. The van der Waals surface area contributed by atoms with E-state index in [0.717, 1.165) is 39.2 Å². The molecule has 1 aromatic heterocycles. The lowest BCUT2D eigenvalue weighted by molar-refractivity contribution is -0.0191. The third-order valence-electron chi connectivity index (χ3n) is 4.71. The predicted molar refractivity (Wildman–Crippen MR) is 98.4 cm³/mol. The first-order chi connectivity index (χ1) is 12.7. The van der Waals surface area contributed by atoms with Gasteiger partial charge < -0.3 is 9.15 Å². The van der Waals surface area contributed by atoms with E-state index >= 15 is 0 Å². The second-order valence-electron chi connectivity index (χ2n) is 6.33. The van der Waals surface area contributed by atoms with Crippen LogP contribution in [0.4, 0.5) is 4.39 Å². The number of rotatable bonds is 2. The molecule has 0 unspecified atom stereocenters. The van der Waals surface area contributed by atoms with Gasteiger partial charge in [0.1, 0.15) is 23.0 Å². The van der Waals surface area contributed by atoms with Crippen LogP contribution in [0.25, 0.3) is 0 Å². The van der Waals surface area contributed by atoms with Crippen LogP contribution in [0.5, 0.6) is 5.75 Å². The van der Waals surface area contributed by atoms with Crippen LogP contribution in [0, 0.1) is 5.82 Å². The van der Waals surface area contributed by atoms with Crippen molar-refractivity contribution >= 4 is 21.6 Å². The Morgan fingerprint density at radius 1 is 1.12 bits per heavy atom. The molecule has 2 aliphatic rings. The van der Waals surface area contributed by atoms with E-state index in [1.165, 1.54) is 12.1 Å². The van der Waals surface area contributed by atoms with E-state index in [0.29, 0.717) is 0 Å². The lowest BCUT2D eigenvalue weighted by atomic mass is 9.97. The van der Waals surface area contributed by atoms with Crippen LogP contribution in [0.15, 0.2) is 74.9 Å². The van der Waals surface area contributed by atoms with Crippen LogP contribution >= 0.6 is 15.9 Å². The van der Waals surface area contributed by atoms with Crippen molar-refractivity contribution in [2.45, 2.75) is 18.7 Å². The molecule has 0 bridgehead atoms. The molecule has 0 saturated heterocycles. The highest BCUT2D eigenvalue weighted by Gasteiger charge is 2.41. The molecule has 0 amide bonds. The van der Waals surface area contributed by atoms with Crippen LogP contribution in [0.3, 0.4) is 0 Å². The van der Waals surface area contributed by atoms with Crippen LogP contribution in [-0.4, -0.2) is 10.7 Å². The van der Waals surface area contributed by atoms with Gasteiger partial charge in [0.15, 0.2) is 0 Å². The zero-order valence-corrected chi connectivity index (χ0v) is 15.2. The third kappa shape index (κ3) is 2.52. The standard InChI is InChI=1S/C20H14BrFN2O2/c21-13-5-8-18-15(10-13)17-11-16(19-2-1-9-25-19)23-24(17)20(26-18)12-3-6-14(22)7-4-12/h1-10,17,20H,11H2/t17-,20+/m1/s1. The Hall–Kier alpha value is -2.60. The first-order valence-electron chi connectivity index (χ1n) is 8.30. The molecule has 2 aromatic carbocycles. The van der Waals surface area contributed by atoms with Gasteiger partial charge >= 0.3 is 0 Å². The minimum atomic E-state index is -0.415. The van der Waals surface area contributed by atoms with Crippen LogP contribution in [-0.2, 0) is 0 Å². The third-order valence-corrected chi connectivity index (χ3v) is 5.21. The highest BCUT2D eigenvalue weighted by Crippen LogP contribution is 2.48. The second kappa shape index (κ2) is 5.99. The lowest BCUT2D eigenvalue weighted by Gasteiger charge is -2.38. The van der Waals surface area contributed by atoms with Gasteiger partial charge in [0.25, 0.3) is 0 Å². The summed E-state index contributed by atoms with van der Waals surface area (Å²) in [6, 6.07) is 16.1. The van der Waals surface area contributed by atoms with Crippen molar-refractivity contribution < 1.29 is 13.5 Å². The molecule has 2 aliphatic heterocycles. The summed E-state index contributed by atoms with van der Waals surface area (Å²) in [6.45, 7) is 0. The normalized spacial score (nSPS) is 21.0. The number of hydrogen-bond donors (Lipinski definition) is 0. The van der Waals surface area contributed by atoms with Gasteiger partial charge in [-0.15, -0.1) is 0 Å². The summed E-state index contributed by atoms with van der Waals surface area (Å²) in [5, 5.41) is 6.73. The first kappa shape index (κ1) is 15.6. The van der Waals surface area contributed by atoms with Crippen molar-refractivity contribution in [3.05, 3.63) is 88.0 Å². The summed E-state index contributed by atoms with van der Waals surface area (Å²) in [5.41, 5.74) is 2.81. The smallest absolute Gasteiger partial charge is 0.213 e. The molecule has 3 aromatic rings. The topological polar surface area (TPSA) is 38.0 Å². The number of nitrogens with zero attached hydrogens (tertiary/aromatic N) is 2. The average molecular weight is 413 g/mol. The number of furan rings is 1. The minimum Gasteiger partial charge on any atom is -0.464 e. The maximum absolute atomic E-state index is 13.4. The zero-order chi connectivity index (χ0) is 17.7. The highest BCUT2D eigenvalue weighted by atomic mass is 79.9. The summed E-state index contributed by atoms with van der Waals surface area (Å²) in [7, 11) is 0. The maximum atomic E-state index is 13.4. The summed E-state index contributed by atoms with van der Waals surface area (Å²) in [4.78, 5) is 0. The number of hydrogen-bond acceptors (Lipinski definition) is 4. The number of fused-ring (bicyclic) bond motifs is 3. The zero-order valence-electron chi connectivity index (χ0n) is 13.6. The van der Waals surface area contributed by atoms with Gasteiger partial charge in [0.2, 0.25) is 6.23 Å². The molecule has 4 nitrogen and oxygen atoms in total. The molecule has 3 heterocycles. The molecule has 6 heteroatoms. The number of halogens is 2. The number of benzene rings is 2. The molecule has 0 aliphatic carbocycles. The molecule has 2 atom stereocenters. The molecule has 5 rings (SSSR count). The first-order valence-corrected chi connectivity index (χ1v) is 9.09. The van der Waals surface area contributed by atoms with E-state index in [1.807, 2.05) is 29.3 Å². The van der Waals surface area contributed by atoms with Gasteiger partial charge in [0, 0.05) is 22.0 Å². The van der Waals surface area contributed by atoms with Gasteiger partial charge in [-0.25, -0.2) is 9.40 Å². The van der Waals surface area contributed by atoms with Crippen molar-refractivity contribution in [1.82, 2.24) is 5.01 Å².